The van der Waals surface area contributed by atoms with Crippen molar-refractivity contribution in [3.05, 3.63) is 132 Å². The number of carbonyl (C=O) groups excluding carboxylic acids is 2. The first-order valence-corrected chi connectivity index (χ1v) is 24.6. The number of thiol groups is 2. The minimum Gasteiger partial charge on any atom is -0.496 e. The van der Waals surface area contributed by atoms with Gasteiger partial charge in [0.25, 0.3) is 0 Å². The van der Waals surface area contributed by atoms with E-state index >= 15 is 0 Å². The Morgan fingerprint density at radius 1 is 0.621 bits per heavy atom. The number of ether oxygens (including phenoxy) is 3. The van der Waals surface area contributed by atoms with E-state index < -0.39 is 55.6 Å². The molecule has 0 atom stereocenters. The third-order valence-corrected chi connectivity index (χ3v) is 12.1. The van der Waals surface area contributed by atoms with E-state index in [0.717, 1.165) is 12.4 Å². The Bertz CT molecular complexity index is 2620. The van der Waals surface area contributed by atoms with Gasteiger partial charge in [-0.2, -0.15) is 8.73 Å². The van der Waals surface area contributed by atoms with Crippen molar-refractivity contribution in [2.24, 2.45) is 8.73 Å². The standard InChI is InChI=1S/C22H25F2N5O3S.C22H24F2N4O4S/c1-4-25-22(30)29-33(3,31)13-14-7-8-26-20(9-14)28-21-11-17(18(24)12-27-21)16-6-5-15(23)10-19(16)32-2;1-4-32-22(29)28-33(3,30)13-14-7-8-25-20(9-14)27-21-11-17(18(24)12-26-21)16-6-5-15(23)10-19(16)31-2/h5-12,33H,4,13H2,1-3H3,(H,26,27,28)(H2,25,29,30,31);5-12,33H,4,13H2,1-3H3,(H,25,26,27)(H,28,29,30). The van der Waals surface area contributed by atoms with Crippen LogP contribution in [0.25, 0.3) is 22.3 Å². The minimum absolute atomic E-state index is 0.137. The predicted octanol–water partition coefficient (Wildman–Crippen LogP) is 9.58. The molecule has 0 unspecified atom stereocenters. The van der Waals surface area contributed by atoms with E-state index in [1.165, 1.54) is 81.4 Å². The monoisotopic (exact) mass is 955 g/mol. The van der Waals surface area contributed by atoms with Crippen LogP contribution in [0.3, 0.4) is 0 Å². The number of hydrogen-bond donors (Lipinski definition) is 7. The van der Waals surface area contributed by atoms with Gasteiger partial charge in [0.1, 0.15) is 58.0 Å². The van der Waals surface area contributed by atoms with E-state index in [1.807, 2.05) is 0 Å². The van der Waals surface area contributed by atoms with E-state index in [0.29, 0.717) is 52.1 Å². The summed E-state index contributed by atoms with van der Waals surface area (Å²) in [5.74, 6) is -0.129. The largest absolute Gasteiger partial charge is 0.496 e. The van der Waals surface area contributed by atoms with Gasteiger partial charge in [-0.25, -0.2) is 47.1 Å². The molecule has 0 fully saturated rings. The minimum atomic E-state index is -2.94. The van der Waals surface area contributed by atoms with Crippen LogP contribution in [-0.4, -0.2) is 81.0 Å². The Morgan fingerprint density at radius 3 is 1.48 bits per heavy atom. The summed E-state index contributed by atoms with van der Waals surface area (Å²) in [5, 5.41) is 8.51. The van der Waals surface area contributed by atoms with Gasteiger partial charge in [0, 0.05) is 64.8 Å². The number of anilines is 4. The Labute approximate surface area is 380 Å². The van der Waals surface area contributed by atoms with E-state index in [1.54, 1.807) is 44.4 Å². The summed E-state index contributed by atoms with van der Waals surface area (Å²) >= 11 is 0. The molecule has 0 saturated heterocycles. The van der Waals surface area contributed by atoms with Crippen LogP contribution >= 0.6 is 0 Å². The summed E-state index contributed by atoms with van der Waals surface area (Å²) in [6.45, 7) is 4.01. The van der Waals surface area contributed by atoms with Crippen LogP contribution in [-0.2, 0) is 36.5 Å². The second-order valence-electron chi connectivity index (χ2n) is 14.4. The molecule has 4 aromatic heterocycles. The average Bonchev–Trinajstić information content (AvgIpc) is 3.25. The number of rotatable bonds is 14. The third-order valence-electron chi connectivity index (χ3n) is 8.94. The fourth-order valence-electron chi connectivity index (χ4n) is 6.22. The quantitative estimate of drug-likeness (QED) is 0.0401. The molecule has 22 heteroatoms. The number of hydrogen-bond acceptors (Lipinski definition) is 11. The van der Waals surface area contributed by atoms with Crippen molar-refractivity contribution < 1.29 is 50.5 Å². The van der Waals surface area contributed by atoms with Crippen LogP contribution in [0.1, 0.15) is 25.0 Å². The molecule has 352 valence electrons. The van der Waals surface area contributed by atoms with Crippen molar-refractivity contribution in [1.82, 2.24) is 25.3 Å². The molecule has 0 spiro atoms. The Hall–Kier alpha value is -6.88. The topological polar surface area (TPSA) is 215 Å². The highest BCUT2D eigenvalue weighted by atomic mass is 32.3. The number of nitrogens with zero attached hydrogens (tertiary/aromatic N) is 6. The number of amides is 3. The summed E-state index contributed by atoms with van der Waals surface area (Å²) in [4.78, 5) is 39.8. The lowest BCUT2D eigenvalue weighted by Gasteiger charge is -2.18. The zero-order valence-electron chi connectivity index (χ0n) is 36.6. The lowest BCUT2D eigenvalue weighted by atomic mass is 10.0. The molecular weight excluding hydrogens is 907 g/mol. The molecule has 3 amide bonds. The number of methoxy groups -OCH3 is 2. The summed E-state index contributed by atoms with van der Waals surface area (Å²) in [6.07, 6.45) is 7.39. The van der Waals surface area contributed by atoms with Gasteiger partial charge in [-0.1, -0.05) is 20.2 Å². The van der Waals surface area contributed by atoms with E-state index in [2.05, 4.69) is 44.6 Å². The molecule has 0 aliphatic carbocycles. The van der Waals surface area contributed by atoms with Gasteiger partial charge in [0.05, 0.1) is 33.2 Å². The molecule has 6 rings (SSSR count). The fraction of sp³-hybridized carbons (Fsp3) is 0.227. The molecule has 2 aromatic carbocycles. The molecule has 0 aliphatic rings. The van der Waals surface area contributed by atoms with Crippen molar-refractivity contribution in [3.63, 3.8) is 0 Å². The van der Waals surface area contributed by atoms with Gasteiger partial charge in [0.2, 0.25) is 0 Å². The molecule has 0 radical (unpaired) electrons. The van der Waals surface area contributed by atoms with E-state index in [-0.39, 0.29) is 40.7 Å². The smallest absolute Gasteiger partial charge is 0.439 e. The number of carbonyl (C=O) groups is 2. The molecule has 6 aromatic rings. The summed E-state index contributed by atoms with van der Waals surface area (Å²) in [5.41, 5.74) is 2.47. The van der Waals surface area contributed by atoms with Gasteiger partial charge in [-0.05, 0) is 98.1 Å². The molecule has 16 nitrogen and oxygen atoms in total. The maximum Gasteiger partial charge on any atom is 0.439 e. The van der Waals surface area contributed by atoms with Crippen molar-refractivity contribution in [1.29, 1.82) is 0 Å². The lowest BCUT2D eigenvalue weighted by molar-refractivity contribution is 0.164. The Balaban J connectivity index is 0.000000247. The highest BCUT2D eigenvalue weighted by Crippen LogP contribution is 2.35. The first kappa shape index (κ1) is 50.1. The number of aromatic nitrogens is 4. The molecular formula is C44H49F4N9O7S2. The van der Waals surface area contributed by atoms with Gasteiger partial charge < -0.3 is 39.3 Å². The zero-order chi connectivity index (χ0) is 48.0. The Morgan fingerprint density at radius 2 is 1.06 bits per heavy atom. The molecule has 0 bridgehead atoms. The molecule has 4 heterocycles. The number of pyridine rings is 4. The number of halogens is 4. The molecule has 0 saturated carbocycles. The van der Waals surface area contributed by atoms with Crippen LogP contribution in [0, 0.1) is 23.3 Å². The van der Waals surface area contributed by atoms with Crippen LogP contribution in [0.5, 0.6) is 11.5 Å². The first-order valence-electron chi connectivity index (χ1n) is 19.9. The fourth-order valence-corrected chi connectivity index (χ4v) is 9.01. The summed E-state index contributed by atoms with van der Waals surface area (Å²) in [7, 11) is -3.06. The highest BCUT2D eigenvalue weighted by Gasteiger charge is 2.17. The third kappa shape index (κ3) is 14.6. The van der Waals surface area contributed by atoms with E-state index in [4.69, 9.17) is 14.2 Å². The van der Waals surface area contributed by atoms with Crippen LogP contribution in [0.2, 0.25) is 0 Å². The molecule has 5 N–H and O–H groups in total. The van der Waals surface area contributed by atoms with Gasteiger partial charge in [0.15, 0.2) is 0 Å². The normalized spacial score (nSPS) is 11.6. The zero-order valence-corrected chi connectivity index (χ0v) is 38.4. The first-order chi connectivity index (χ1) is 31.4. The van der Waals surface area contributed by atoms with Crippen LogP contribution in [0.15, 0.2) is 106 Å². The average molecular weight is 956 g/mol. The second-order valence-corrected chi connectivity index (χ2v) is 19.8. The lowest BCUT2D eigenvalue weighted by Crippen LogP contribution is -2.23. The number of nitrogens with one attached hydrogen (secondary N) is 3. The van der Waals surface area contributed by atoms with Crippen molar-refractivity contribution in [3.8, 4) is 33.8 Å². The molecule has 66 heavy (non-hydrogen) atoms. The van der Waals surface area contributed by atoms with E-state index in [9.17, 15) is 36.3 Å². The van der Waals surface area contributed by atoms with Crippen molar-refractivity contribution >= 4 is 55.6 Å². The maximum absolute atomic E-state index is 14.5. The summed E-state index contributed by atoms with van der Waals surface area (Å²) < 4.78 is 99.9. The molecule has 0 aliphatic heterocycles. The van der Waals surface area contributed by atoms with Gasteiger partial charge in [-0.3, -0.25) is 0 Å². The highest BCUT2D eigenvalue weighted by molar-refractivity contribution is 7.99. The SMILES string of the molecule is CCNC(=O)N=[SH](C)(O)Cc1ccnc(Nc2cc(-c3ccc(F)cc3OC)c(F)cn2)c1.CCOC(=O)N=[SH](C)(O)Cc1ccnc(Nc2cc(-c3ccc(F)cc3OC)c(F)cn2)c1. The summed E-state index contributed by atoms with van der Waals surface area (Å²) in [6, 6.07) is 16.7. The maximum atomic E-state index is 14.5. The Kier molecular flexibility index (Phi) is 17.3. The predicted molar refractivity (Wildman–Crippen MR) is 250 cm³/mol. The van der Waals surface area contributed by atoms with Crippen molar-refractivity contribution in [2.75, 3.05) is 50.5 Å². The van der Waals surface area contributed by atoms with Crippen LogP contribution < -0.4 is 25.4 Å². The van der Waals surface area contributed by atoms with Gasteiger partial charge in [-0.15, -0.1) is 0 Å². The van der Waals surface area contributed by atoms with Crippen molar-refractivity contribution in [2.45, 2.75) is 25.4 Å². The number of benzene rings is 2. The van der Waals surface area contributed by atoms with Crippen LogP contribution in [0.4, 0.5) is 50.4 Å². The number of urea groups is 1. The van der Waals surface area contributed by atoms with Gasteiger partial charge >= 0.3 is 12.1 Å². The second kappa shape index (κ2) is 22.8.